The normalized spacial score (nSPS) is 12.5. The van der Waals surface area contributed by atoms with Crippen molar-refractivity contribution in [1.29, 1.82) is 0 Å². The van der Waals surface area contributed by atoms with Gasteiger partial charge in [-0.05, 0) is 47.5 Å². The number of rotatable bonds is 6. The molecule has 1 aromatic rings. The van der Waals surface area contributed by atoms with Crippen molar-refractivity contribution in [3.05, 3.63) is 28.2 Å². The van der Waals surface area contributed by atoms with E-state index in [0.29, 0.717) is 19.8 Å². The number of benzene rings is 1. The maximum atomic E-state index is 5.65. The van der Waals surface area contributed by atoms with Crippen molar-refractivity contribution in [3.8, 4) is 5.75 Å². The number of aryl methyl sites for hydroxylation is 1. The molecule has 0 saturated heterocycles. The molecule has 1 rings (SSSR count). The van der Waals surface area contributed by atoms with Crippen LogP contribution in [0.5, 0.6) is 5.75 Å². The SMILES string of the molecule is CCOC(CN)COc1ccc(C)cc1Br. The van der Waals surface area contributed by atoms with Crippen molar-refractivity contribution in [2.75, 3.05) is 19.8 Å². The van der Waals surface area contributed by atoms with Crippen LogP contribution >= 0.6 is 15.9 Å². The first-order valence-electron chi connectivity index (χ1n) is 5.38. The molecule has 16 heavy (non-hydrogen) atoms. The first kappa shape index (κ1) is 13.5. The minimum Gasteiger partial charge on any atom is -0.490 e. The molecule has 0 amide bonds. The molecule has 0 aliphatic heterocycles. The molecule has 0 radical (unpaired) electrons. The lowest BCUT2D eigenvalue weighted by molar-refractivity contribution is 0.0335. The van der Waals surface area contributed by atoms with E-state index in [9.17, 15) is 0 Å². The summed E-state index contributed by atoms with van der Waals surface area (Å²) in [6.07, 6.45) is -0.0433. The van der Waals surface area contributed by atoms with Gasteiger partial charge in [0.15, 0.2) is 0 Å². The van der Waals surface area contributed by atoms with E-state index in [0.717, 1.165) is 10.2 Å². The van der Waals surface area contributed by atoms with Crippen LogP contribution in [0.4, 0.5) is 0 Å². The van der Waals surface area contributed by atoms with Crippen LogP contribution in [0.2, 0.25) is 0 Å². The summed E-state index contributed by atoms with van der Waals surface area (Å²) in [6, 6.07) is 5.98. The summed E-state index contributed by atoms with van der Waals surface area (Å²) in [5.41, 5.74) is 6.76. The maximum absolute atomic E-state index is 5.65. The van der Waals surface area contributed by atoms with E-state index in [1.54, 1.807) is 0 Å². The Balaban J connectivity index is 2.53. The highest BCUT2D eigenvalue weighted by atomic mass is 79.9. The number of nitrogens with two attached hydrogens (primary N) is 1. The highest BCUT2D eigenvalue weighted by Crippen LogP contribution is 2.25. The standard InChI is InChI=1S/C12H18BrNO2/c1-3-15-10(7-14)8-16-12-5-4-9(2)6-11(12)13/h4-6,10H,3,7-8,14H2,1-2H3. The third kappa shape index (κ3) is 4.12. The lowest BCUT2D eigenvalue weighted by Gasteiger charge is -2.16. The quantitative estimate of drug-likeness (QED) is 0.874. The van der Waals surface area contributed by atoms with Crippen molar-refractivity contribution >= 4 is 15.9 Å². The van der Waals surface area contributed by atoms with Gasteiger partial charge in [0.1, 0.15) is 18.5 Å². The molecule has 0 aromatic heterocycles. The van der Waals surface area contributed by atoms with Crippen LogP contribution in [-0.2, 0) is 4.74 Å². The molecule has 1 unspecified atom stereocenters. The first-order valence-corrected chi connectivity index (χ1v) is 6.17. The lowest BCUT2D eigenvalue weighted by atomic mass is 10.2. The second-order valence-corrected chi connectivity index (χ2v) is 4.41. The smallest absolute Gasteiger partial charge is 0.133 e. The van der Waals surface area contributed by atoms with Crippen LogP contribution in [0.3, 0.4) is 0 Å². The number of ether oxygens (including phenoxy) is 2. The van der Waals surface area contributed by atoms with E-state index in [1.807, 2.05) is 32.0 Å². The molecule has 3 nitrogen and oxygen atoms in total. The highest BCUT2D eigenvalue weighted by Gasteiger charge is 2.08. The summed E-state index contributed by atoms with van der Waals surface area (Å²) in [5.74, 6) is 0.823. The van der Waals surface area contributed by atoms with Gasteiger partial charge in [-0.3, -0.25) is 0 Å². The van der Waals surface area contributed by atoms with Gasteiger partial charge in [-0.2, -0.15) is 0 Å². The molecule has 1 aromatic carbocycles. The summed E-state index contributed by atoms with van der Waals surface area (Å²) < 4.78 is 12.0. The molecule has 0 aliphatic rings. The van der Waals surface area contributed by atoms with Crippen molar-refractivity contribution < 1.29 is 9.47 Å². The number of hydrogen-bond acceptors (Lipinski definition) is 3. The monoisotopic (exact) mass is 287 g/mol. The second-order valence-electron chi connectivity index (χ2n) is 3.56. The van der Waals surface area contributed by atoms with Gasteiger partial charge in [-0.25, -0.2) is 0 Å². The summed E-state index contributed by atoms with van der Waals surface area (Å²) in [4.78, 5) is 0. The molecule has 0 spiro atoms. The Morgan fingerprint density at radius 2 is 2.19 bits per heavy atom. The second kappa shape index (κ2) is 6.89. The maximum Gasteiger partial charge on any atom is 0.133 e. The van der Waals surface area contributed by atoms with E-state index < -0.39 is 0 Å². The van der Waals surface area contributed by atoms with Gasteiger partial charge in [0.25, 0.3) is 0 Å². The van der Waals surface area contributed by atoms with Crippen LogP contribution in [0.15, 0.2) is 22.7 Å². The fourth-order valence-electron chi connectivity index (χ4n) is 1.33. The number of halogens is 1. The van der Waals surface area contributed by atoms with Gasteiger partial charge in [0.05, 0.1) is 4.47 Å². The van der Waals surface area contributed by atoms with E-state index in [1.165, 1.54) is 5.56 Å². The molecule has 0 fully saturated rings. The average molecular weight is 288 g/mol. The van der Waals surface area contributed by atoms with Crippen LogP contribution in [-0.4, -0.2) is 25.9 Å². The Morgan fingerprint density at radius 3 is 2.75 bits per heavy atom. The Bertz CT molecular complexity index is 331. The topological polar surface area (TPSA) is 44.5 Å². The van der Waals surface area contributed by atoms with Gasteiger partial charge in [-0.1, -0.05) is 6.07 Å². The third-order valence-corrected chi connectivity index (χ3v) is 2.80. The zero-order valence-corrected chi connectivity index (χ0v) is 11.3. The molecule has 0 heterocycles. The van der Waals surface area contributed by atoms with Crippen LogP contribution in [0.1, 0.15) is 12.5 Å². The van der Waals surface area contributed by atoms with Gasteiger partial charge < -0.3 is 15.2 Å². The predicted octanol–water partition coefficient (Wildman–Crippen LogP) is 2.50. The van der Waals surface area contributed by atoms with E-state index >= 15 is 0 Å². The zero-order chi connectivity index (χ0) is 12.0. The molecule has 4 heteroatoms. The Labute approximate surface area is 105 Å². The highest BCUT2D eigenvalue weighted by molar-refractivity contribution is 9.10. The largest absolute Gasteiger partial charge is 0.490 e. The summed E-state index contributed by atoms with van der Waals surface area (Å²) in [5, 5.41) is 0. The average Bonchev–Trinajstić information content (AvgIpc) is 2.26. The van der Waals surface area contributed by atoms with Crippen molar-refractivity contribution in [2.45, 2.75) is 20.0 Å². The van der Waals surface area contributed by atoms with Crippen LogP contribution < -0.4 is 10.5 Å². The molecular formula is C12H18BrNO2. The van der Waals surface area contributed by atoms with Crippen molar-refractivity contribution in [3.63, 3.8) is 0 Å². The van der Waals surface area contributed by atoms with Crippen molar-refractivity contribution in [1.82, 2.24) is 0 Å². The summed E-state index contributed by atoms with van der Waals surface area (Å²) in [6.45, 7) is 5.59. The Kier molecular flexibility index (Phi) is 5.80. The lowest BCUT2D eigenvalue weighted by Crippen LogP contribution is -2.30. The minimum atomic E-state index is -0.0433. The van der Waals surface area contributed by atoms with Gasteiger partial charge in [0, 0.05) is 13.2 Å². The Morgan fingerprint density at radius 1 is 1.44 bits per heavy atom. The Hall–Kier alpha value is -0.580. The molecule has 2 N–H and O–H groups in total. The first-order chi connectivity index (χ1) is 7.67. The van der Waals surface area contributed by atoms with Gasteiger partial charge in [-0.15, -0.1) is 0 Å². The molecular weight excluding hydrogens is 270 g/mol. The van der Waals surface area contributed by atoms with E-state index in [4.69, 9.17) is 15.2 Å². The summed E-state index contributed by atoms with van der Waals surface area (Å²) >= 11 is 3.46. The number of hydrogen-bond donors (Lipinski definition) is 1. The molecule has 0 aliphatic carbocycles. The van der Waals surface area contributed by atoms with Crippen molar-refractivity contribution in [2.24, 2.45) is 5.73 Å². The van der Waals surface area contributed by atoms with Gasteiger partial charge >= 0.3 is 0 Å². The third-order valence-electron chi connectivity index (χ3n) is 2.18. The predicted molar refractivity (Wildman–Crippen MR) is 68.8 cm³/mol. The fraction of sp³-hybridized carbons (Fsp3) is 0.500. The molecule has 1 atom stereocenters. The van der Waals surface area contributed by atoms with E-state index in [2.05, 4.69) is 15.9 Å². The van der Waals surface area contributed by atoms with Crippen LogP contribution in [0.25, 0.3) is 0 Å². The van der Waals surface area contributed by atoms with Crippen LogP contribution in [0, 0.1) is 6.92 Å². The minimum absolute atomic E-state index is 0.0433. The zero-order valence-electron chi connectivity index (χ0n) is 9.70. The molecule has 0 saturated carbocycles. The molecule has 0 bridgehead atoms. The summed E-state index contributed by atoms with van der Waals surface area (Å²) in [7, 11) is 0. The molecule has 90 valence electrons. The fourth-order valence-corrected chi connectivity index (χ4v) is 1.93. The van der Waals surface area contributed by atoms with E-state index in [-0.39, 0.29) is 6.10 Å². The van der Waals surface area contributed by atoms with Gasteiger partial charge in [0.2, 0.25) is 0 Å².